The van der Waals surface area contributed by atoms with E-state index in [4.69, 9.17) is 9.26 Å². The first-order valence-corrected chi connectivity index (χ1v) is 8.64. The molecule has 1 aromatic rings. The van der Waals surface area contributed by atoms with Crippen molar-refractivity contribution in [2.45, 2.75) is 45.8 Å². The fraction of sp³-hybridized carbons (Fsp3) is 0.750. The average Bonchev–Trinajstić information content (AvgIpc) is 3.12. The Morgan fingerprint density at radius 1 is 1.38 bits per heavy atom. The highest BCUT2D eigenvalue weighted by Crippen LogP contribution is 2.18. The molecular formula is C16H27IN6O3. The molecule has 1 atom stereocenters. The van der Waals surface area contributed by atoms with Crippen molar-refractivity contribution in [3.8, 4) is 0 Å². The quantitative estimate of drug-likeness (QED) is 0.657. The molecule has 0 radical (unpaired) electrons. The molecule has 1 N–H and O–H groups in total. The van der Waals surface area contributed by atoms with Crippen LogP contribution in [0.4, 0.5) is 4.79 Å². The van der Waals surface area contributed by atoms with Crippen LogP contribution in [0.3, 0.4) is 0 Å². The number of halogens is 1. The molecule has 0 bridgehead atoms. The van der Waals surface area contributed by atoms with Crippen LogP contribution >= 0.6 is 24.0 Å². The van der Waals surface area contributed by atoms with Crippen LogP contribution < -0.4 is 5.32 Å². The van der Waals surface area contributed by atoms with E-state index in [-0.39, 0.29) is 36.1 Å². The molecule has 1 aromatic heterocycles. The Bertz CT molecular complexity index is 657. The van der Waals surface area contributed by atoms with E-state index in [1.54, 1.807) is 11.8 Å². The second-order valence-electron chi connectivity index (χ2n) is 7.35. The summed E-state index contributed by atoms with van der Waals surface area (Å²) in [5.74, 6) is 2.14. The SMILES string of the molecule is Cc1noc(CCNC2=NCC3CN(C(=O)OC(C)(C)C)CCN23)n1.I. The van der Waals surface area contributed by atoms with Gasteiger partial charge in [-0.2, -0.15) is 4.98 Å². The van der Waals surface area contributed by atoms with E-state index in [0.29, 0.717) is 44.3 Å². The number of ether oxygens (including phenoxy) is 1. The van der Waals surface area contributed by atoms with E-state index >= 15 is 0 Å². The monoisotopic (exact) mass is 478 g/mol. The topological polar surface area (TPSA) is 96.1 Å². The van der Waals surface area contributed by atoms with Gasteiger partial charge in [0.25, 0.3) is 0 Å². The van der Waals surface area contributed by atoms with Gasteiger partial charge in [0.15, 0.2) is 11.8 Å². The van der Waals surface area contributed by atoms with E-state index in [0.717, 1.165) is 12.5 Å². The summed E-state index contributed by atoms with van der Waals surface area (Å²) in [7, 11) is 0. The molecule has 3 heterocycles. The Hall–Kier alpha value is -1.59. The second-order valence-corrected chi connectivity index (χ2v) is 7.35. The van der Waals surface area contributed by atoms with Gasteiger partial charge in [-0.3, -0.25) is 4.99 Å². The number of guanidine groups is 1. The van der Waals surface area contributed by atoms with Crippen LogP contribution in [0, 0.1) is 6.92 Å². The van der Waals surface area contributed by atoms with E-state index in [9.17, 15) is 4.79 Å². The van der Waals surface area contributed by atoms with Gasteiger partial charge in [0.2, 0.25) is 5.89 Å². The van der Waals surface area contributed by atoms with Gasteiger partial charge in [-0.25, -0.2) is 4.79 Å². The summed E-state index contributed by atoms with van der Waals surface area (Å²) in [6, 6.07) is 0.203. The Morgan fingerprint density at radius 3 is 2.81 bits per heavy atom. The van der Waals surface area contributed by atoms with Crippen molar-refractivity contribution in [2.24, 2.45) is 4.99 Å². The number of hydrogen-bond acceptors (Lipinski definition) is 8. The van der Waals surface area contributed by atoms with Gasteiger partial charge >= 0.3 is 6.09 Å². The second kappa shape index (κ2) is 8.40. The zero-order valence-electron chi connectivity index (χ0n) is 15.7. The molecule has 1 unspecified atom stereocenters. The minimum atomic E-state index is -0.472. The number of aromatic nitrogens is 2. The Morgan fingerprint density at radius 2 is 2.15 bits per heavy atom. The van der Waals surface area contributed by atoms with Crippen LogP contribution in [0.1, 0.15) is 32.5 Å². The molecule has 2 aliphatic heterocycles. The number of carbonyl (C=O) groups is 1. The molecule has 9 nitrogen and oxygen atoms in total. The summed E-state index contributed by atoms with van der Waals surface area (Å²) in [5, 5.41) is 7.11. The predicted molar refractivity (Wildman–Crippen MR) is 107 cm³/mol. The van der Waals surface area contributed by atoms with Gasteiger partial charge in [0, 0.05) is 32.6 Å². The van der Waals surface area contributed by atoms with Crippen molar-refractivity contribution in [1.29, 1.82) is 0 Å². The number of carbonyl (C=O) groups excluding carboxylic acids is 1. The summed E-state index contributed by atoms with van der Waals surface area (Å²) >= 11 is 0. The molecule has 0 aromatic carbocycles. The number of fused-ring (bicyclic) bond motifs is 1. The summed E-state index contributed by atoms with van der Waals surface area (Å²) in [5.41, 5.74) is -0.472. The van der Waals surface area contributed by atoms with Gasteiger partial charge in [-0.15, -0.1) is 24.0 Å². The molecule has 0 spiro atoms. The molecular weight excluding hydrogens is 451 g/mol. The van der Waals surface area contributed by atoms with Crippen LogP contribution in [-0.2, 0) is 11.2 Å². The minimum absolute atomic E-state index is 0. The molecule has 3 rings (SSSR count). The molecule has 0 aliphatic carbocycles. The number of amides is 1. The number of rotatable bonds is 3. The third-order valence-electron chi connectivity index (χ3n) is 4.05. The van der Waals surface area contributed by atoms with Gasteiger partial charge < -0.3 is 24.4 Å². The van der Waals surface area contributed by atoms with Crippen LogP contribution in [-0.4, -0.2) is 76.4 Å². The highest BCUT2D eigenvalue weighted by molar-refractivity contribution is 14.0. The maximum atomic E-state index is 12.2. The van der Waals surface area contributed by atoms with Crippen molar-refractivity contribution < 1.29 is 14.1 Å². The van der Waals surface area contributed by atoms with Gasteiger partial charge in [0.05, 0.1) is 12.6 Å². The maximum Gasteiger partial charge on any atom is 0.410 e. The summed E-state index contributed by atoms with van der Waals surface area (Å²) < 4.78 is 10.6. The highest BCUT2D eigenvalue weighted by atomic mass is 127. The molecule has 1 saturated heterocycles. The number of hydrogen-bond donors (Lipinski definition) is 1. The zero-order valence-corrected chi connectivity index (χ0v) is 18.0. The molecule has 0 saturated carbocycles. The lowest BCUT2D eigenvalue weighted by Crippen LogP contribution is -2.57. The van der Waals surface area contributed by atoms with Crippen LogP contribution in [0.2, 0.25) is 0 Å². The molecule has 146 valence electrons. The van der Waals surface area contributed by atoms with Gasteiger partial charge in [0.1, 0.15) is 5.60 Å². The lowest BCUT2D eigenvalue weighted by atomic mass is 10.2. The number of piperazine rings is 1. The summed E-state index contributed by atoms with van der Waals surface area (Å²) in [6.07, 6.45) is 0.405. The Balaban J connectivity index is 0.00000243. The average molecular weight is 478 g/mol. The first-order chi connectivity index (χ1) is 11.8. The zero-order chi connectivity index (χ0) is 18.0. The largest absolute Gasteiger partial charge is 0.444 e. The van der Waals surface area contributed by atoms with E-state index in [1.807, 2.05) is 20.8 Å². The standard InChI is InChI=1S/C16H26N6O3.HI/c1-11-19-13(25-20-11)5-6-17-14-18-9-12-10-21(7-8-22(12)14)15(23)24-16(2,3)4;/h12H,5-10H2,1-4H3,(H,17,18);1H. The van der Waals surface area contributed by atoms with Crippen LogP contribution in [0.5, 0.6) is 0 Å². The predicted octanol–water partition coefficient (Wildman–Crippen LogP) is 1.42. The first kappa shape index (κ1) is 20.7. The van der Waals surface area contributed by atoms with Gasteiger partial charge in [-0.05, 0) is 27.7 Å². The number of aliphatic imine (C=N–C) groups is 1. The van der Waals surface area contributed by atoms with E-state index in [2.05, 4.69) is 25.3 Å². The third kappa shape index (κ3) is 5.21. The van der Waals surface area contributed by atoms with E-state index < -0.39 is 5.60 Å². The lowest BCUT2D eigenvalue weighted by molar-refractivity contribution is 0.0137. The number of nitrogens with one attached hydrogen (secondary N) is 1. The van der Waals surface area contributed by atoms with E-state index in [1.165, 1.54) is 0 Å². The third-order valence-corrected chi connectivity index (χ3v) is 4.05. The van der Waals surface area contributed by atoms with Crippen LogP contribution in [0.25, 0.3) is 0 Å². The first-order valence-electron chi connectivity index (χ1n) is 8.64. The molecule has 26 heavy (non-hydrogen) atoms. The summed E-state index contributed by atoms with van der Waals surface area (Å²) in [4.78, 5) is 25.0. The minimum Gasteiger partial charge on any atom is -0.444 e. The fourth-order valence-electron chi connectivity index (χ4n) is 2.95. The molecule has 1 fully saturated rings. The van der Waals surface area contributed by atoms with Crippen molar-refractivity contribution in [3.05, 3.63) is 11.7 Å². The van der Waals surface area contributed by atoms with Gasteiger partial charge in [-0.1, -0.05) is 5.16 Å². The highest BCUT2D eigenvalue weighted by Gasteiger charge is 2.36. The molecule has 2 aliphatic rings. The normalized spacial score (nSPS) is 19.5. The molecule has 10 heteroatoms. The van der Waals surface area contributed by atoms with Crippen molar-refractivity contribution in [2.75, 3.05) is 32.7 Å². The lowest BCUT2D eigenvalue weighted by Gasteiger charge is -2.39. The molecule has 1 amide bonds. The Labute approximate surface area is 170 Å². The maximum absolute atomic E-state index is 12.2. The number of nitrogens with zero attached hydrogens (tertiary/aromatic N) is 5. The summed E-state index contributed by atoms with van der Waals surface area (Å²) in [6.45, 7) is 10.8. The van der Waals surface area contributed by atoms with Crippen molar-refractivity contribution in [1.82, 2.24) is 25.3 Å². The van der Waals surface area contributed by atoms with Crippen molar-refractivity contribution in [3.63, 3.8) is 0 Å². The smallest absolute Gasteiger partial charge is 0.410 e. The van der Waals surface area contributed by atoms with Crippen molar-refractivity contribution >= 4 is 36.0 Å². The van der Waals surface area contributed by atoms with Crippen LogP contribution in [0.15, 0.2) is 9.52 Å². The fourth-order valence-corrected chi connectivity index (χ4v) is 2.95. The number of aryl methyl sites for hydroxylation is 1. The Kier molecular flexibility index (Phi) is 6.69.